The predicted molar refractivity (Wildman–Crippen MR) is 112 cm³/mol. The van der Waals surface area contributed by atoms with Gasteiger partial charge in [-0.3, -0.25) is 0 Å². The molecule has 4 heteroatoms. The summed E-state index contributed by atoms with van der Waals surface area (Å²) in [6.45, 7) is 20.0. The van der Waals surface area contributed by atoms with Crippen LogP contribution in [-0.4, -0.2) is 32.0 Å². The van der Waals surface area contributed by atoms with E-state index < -0.39 is 15.1 Å². The summed E-state index contributed by atoms with van der Waals surface area (Å²) >= 11 is -2.27. The molecule has 0 aromatic carbocycles. The molecule has 0 spiro atoms. The molecule has 0 unspecified atom stereocenters. The minimum Gasteiger partial charge on any atom is -0.449 e. The summed E-state index contributed by atoms with van der Waals surface area (Å²) in [7, 11) is 0. The normalized spacial score (nSPS) is 13.3. The molecule has 0 aliphatic heterocycles. The second kappa shape index (κ2) is 12.0. The summed E-state index contributed by atoms with van der Waals surface area (Å²) in [5, 5.41) is 0. The Hall–Kier alpha value is 0.412. The quantitative estimate of drug-likeness (QED) is 0.284. The third kappa shape index (κ3) is 6.82. The fraction of sp³-hybridized carbons (Fsp3) is 1.00. The Labute approximate surface area is 165 Å². The van der Waals surface area contributed by atoms with Crippen LogP contribution < -0.4 is 0 Å². The van der Waals surface area contributed by atoms with Crippen LogP contribution in [0.1, 0.15) is 122 Å². The van der Waals surface area contributed by atoms with Crippen LogP contribution in [0.25, 0.3) is 0 Å². The minimum absolute atomic E-state index is 0. The maximum Gasteiger partial charge on any atom is 0.906 e. The van der Waals surface area contributed by atoms with Crippen LogP contribution >= 0.6 is 0 Å². The van der Waals surface area contributed by atoms with E-state index in [0.717, 1.165) is 57.8 Å². The minimum atomic E-state index is -2.27. The Balaban J connectivity index is 0. The fourth-order valence-corrected chi connectivity index (χ4v) is 6.55. The van der Waals surface area contributed by atoms with Crippen molar-refractivity contribution in [2.75, 3.05) is 0 Å². The van der Waals surface area contributed by atoms with Gasteiger partial charge in [-0.15, -0.1) is 0 Å². The SMILES string of the molecule is CCC(CC)(CC)[O][Al]([O]C(CC)(CC)CC)[O]C(CC)(CC)CC.[HH]. The van der Waals surface area contributed by atoms with E-state index in [2.05, 4.69) is 62.3 Å². The van der Waals surface area contributed by atoms with Crippen molar-refractivity contribution in [3.63, 3.8) is 0 Å². The molecular weight excluding hydrogens is 327 g/mol. The fourth-order valence-electron chi connectivity index (χ4n) is 3.68. The first-order valence-corrected chi connectivity index (χ1v) is 12.3. The van der Waals surface area contributed by atoms with E-state index in [0.29, 0.717) is 0 Å². The van der Waals surface area contributed by atoms with E-state index in [-0.39, 0.29) is 18.2 Å². The molecule has 152 valence electrons. The molecule has 0 aliphatic carbocycles. The Morgan fingerprint density at radius 3 is 0.720 bits per heavy atom. The van der Waals surface area contributed by atoms with Gasteiger partial charge in [0.05, 0.1) is 0 Å². The smallest absolute Gasteiger partial charge is 0.449 e. The van der Waals surface area contributed by atoms with Crippen molar-refractivity contribution in [1.29, 1.82) is 0 Å². The van der Waals surface area contributed by atoms with E-state index in [1.54, 1.807) is 0 Å². The molecule has 0 atom stereocenters. The Morgan fingerprint density at radius 1 is 0.440 bits per heavy atom. The molecule has 0 fully saturated rings. The molecule has 0 aromatic rings. The first-order chi connectivity index (χ1) is 11.8. The highest BCUT2D eigenvalue weighted by Gasteiger charge is 2.48. The van der Waals surface area contributed by atoms with Crippen molar-refractivity contribution in [2.24, 2.45) is 0 Å². The van der Waals surface area contributed by atoms with Gasteiger partial charge in [0.1, 0.15) is 0 Å². The molecular formula is C21H47AlO3. The Kier molecular flexibility index (Phi) is 12.2. The molecule has 0 saturated carbocycles. The molecule has 3 nitrogen and oxygen atoms in total. The van der Waals surface area contributed by atoms with Gasteiger partial charge in [0.25, 0.3) is 0 Å². The van der Waals surface area contributed by atoms with Crippen LogP contribution in [-0.2, 0) is 11.4 Å². The average molecular weight is 375 g/mol. The van der Waals surface area contributed by atoms with Gasteiger partial charge < -0.3 is 11.4 Å². The highest BCUT2D eigenvalue weighted by molar-refractivity contribution is 6.37. The monoisotopic (exact) mass is 374 g/mol. The summed E-state index contributed by atoms with van der Waals surface area (Å²) in [5.74, 6) is 0. The van der Waals surface area contributed by atoms with Crippen LogP contribution in [0.2, 0.25) is 0 Å². The van der Waals surface area contributed by atoms with Crippen molar-refractivity contribution in [3.05, 3.63) is 0 Å². The van der Waals surface area contributed by atoms with E-state index in [1.807, 2.05) is 0 Å². The van der Waals surface area contributed by atoms with E-state index in [4.69, 9.17) is 11.4 Å². The maximum absolute atomic E-state index is 6.70. The number of rotatable bonds is 15. The van der Waals surface area contributed by atoms with Crippen molar-refractivity contribution in [1.82, 2.24) is 0 Å². The molecule has 0 radical (unpaired) electrons. The predicted octanol–water partition coefficient (Wildman–Crippen LogP) is 7.17. The third-order valence-corrected chi connectivity index (χ3v) is 8.92. The van der Waals surface area contributed by atoms with Crippen molar-refractivity contribution in [2.45, 2.75) is 137 Å². The topological polar surface area (TPSA) is 27.7 Å². The first-order valence-electron chi connectivity index (χ1n) is 10.9. The molecule has 0 aliphatic rings. The van der Waals surface area contributed by atoms with Gasteiger partial charge >= 0.3 is 15.1 Å². The second-order valence-electron chi connectivity index (χ2n) is 7.37. The summed E-state index contributed by atoms with van der Waals surface area (Å²) in [5.41, 5.74) is -0.337. The lowest BCUT2D eigenvalue weighted by Gasteiger charge is -2.42. The molecule has 0 amide bonds. The van der Waals surface area contributed by atoms with Gasteiger partial charge in [-0.25, -0.2) is 0 Å². The summed E-state index contributed by atoms with van der Waals surface area (Å²) in [6.07, 6.45) is 9.04. The van der Waals surface area contributed by atoms with E-state index >= 15 is 0 Å². The molecule has 0 bridgehead atoms. The van der Waals surface area contributed by atoms with Crippen molar-refractivity contribution >= 4 is 15.1 Å². The van der Waals surface area contributed by atoms with Crippen molar-refractivity contribution < 1.29 is 12.8 Å². The van der Waals surface area contributed by atoms with E-state index in [1.165, 1.54) is 0 Å². The molecule has 0 saturated heterocycles. The maximum atomic E-state index is 6.70. The average Bonchev–Trinajstić information content (AvgIpc) is 2.68. The number of hydrogen-bond donors (Lipinski definition) is 0. The summed E-state index contributed by atoms with van der Waals surface area (Å²) < 4.78 is 20.1. The summed E-state index contributed by atoms with van der Waals surface area (Å²) in [4.78, 5) is 0. The lowest BCUT2D eigenvalue weighted by molar-refractivity contribution is -0.100. The van der Waals surface area contributed by atoms with Crippen LogP contribution in [0.15, 0.2) is 0 Å². The highest BCUT2D eigenvalue weighted by atomic mass is 27.3. The van der Waals surface area contributed by atoms with Crippen LogP contribution in [0.3, 0.4) is 0 Å². The third-order valence-electron chi connectivity index (χ3n) is 6.84. The van der Waals surface area contributed by atoms with Gasteiger partial charge in [-0.1, -0.05) is 62.3 Å². The van der Waals surface area contributed by atoms with Crippen molar-refractivity contribution in [3.8, 4) is 0 Å². The van der Waals surface area contributed by atoms with Crippen LogP contribution in [0, 0.1) is 0 Å². The highest BCUT2D eigenvalue weighted by Crippen LogP contribution is 2.34. The largest absolute Gasteiger partial charge is 0.906 e. The number of hydrogen-bond acceptors (Lipinski definition) is 3. The lowest BCUT2D eigenvalue weighted by Crippen LogP contribution is -2.50. The Morgan fingerprint density at radius 2 is 0.600 bits per heavy atom. The second-order valence-corrected chi connectivity index (χ2v) is 8.66. The molecule has 25 heavy (non-hydrogen) atoms. The van der Waals surface area contributed by atoms with Gasteiger partial charge in [-0.2, -0.15) is 0 Å². The zero-order valence-corrected chi connectivity index (χ0v) is 19.8. The van der Waals surface area contributed by atoms with Gasteiger partial charge in [0, 0.05) is 18.2 Å². The van der Waals surface area contributed by atoms with Crippen LogP contribution in [0.5, 0.6) is 0 Å². The van der Waals surface area contributed by atoms with Gasteiger partial charge in [-0.05, 0) is 57.8 Å². The molecule has 0 aromatic heterocycles. The van der Waals surface area contributed by atoms with Gasteiger partial charge in [0.15, 0.2) is 0 Å². The first kappa shape index (κ1) is 25.4. The molecule has 0 N–H and O–H groups in total. The standard InChI is InChI=1S/3C7H15O.Al.H2/c3*1-4-7(8,5-2)6-3;;/h3*4-6H2,1-3H3;;1H/q3*-1;+3;. The molecule has 0 heterocycles. The Bertz CT molecular complexity index is 263. The van der Waals surface area contributed by atoms with E-state index in [9.17, 15) is 0 Å². The molecule has 0 rings (SSSR count). The zero-order chi connectivity index (χ0) is 19.6. The van der Waals surface area contributed by atoms with Gasteiger partial charge in [0.2, 0.25) is 0 Å². The van der Waals surface area contributed by atoms with Crippen LogP contribution in [0.4, 0.5) is 0 Å². The summed E-state index contributed by atoms with van der Waals surface area (Å²) in [6, 6.07) is 0. The lowest BCUT2D eigenvalue weighted by atomic mass is 9.95. The zero-order valence-electron chi connectivity index (χ0n) is 18.7.